The summed E-state index contributed by atoms with van der Waals surface area (Å²) in [5.41, 5.74) is 2.48. The molecule has 0 unspecified atom stereocenters. The zero-order chi connectivity index (χ0) is 18.6. The molecule has 0 aromatic carbocycles. The number of anilines is 1. The normalized spacial score (nSPS) is 17.1. The van der Waals surface area contributed by atoms with Gasteiger partial charge >= 0.3 is 0 Å². The van der Waals surface area contributed by atoms with Crippen LogP contribution in [0, 0.1) is 0 Å². The molecular weight excluding hydrogens is 342 g/mol. The summed E-state index contributed by atoms with van der Waals surface area (Å²) in [7, 11) is 1.92. The number of nitrogens with one attached hydrogen (secondary N) is 1. The Morgan fingerprint density at radius 1 is 1.30 bits per heavy atom. The highest BCUT2D eigenvalue weighted by Gasteiger charge is 2.28. The molecule has 1 fully saturated rings. The number of likely N-dealkylation sites (tertiary alicyclic amines) is 1. The summed E-state index contributed by atoms with van der Waals surface area (Å²) >= 11 is 0. The van der Waals surface area contributed by atoms with Crippen molar-refractivity contribution in [2.24, 2.45) is 7.05 Å². The van der Waals surface area contributed by atoms with Crippen molar-refractivity contribution in [1.82, 2.24) is 29.6 Å². The van der Waals surface area contributed by atoms with Gasteiger partial charge in [0.1, 0.15) is 5.69 Å². The summed E-state index contributed by atoms with van der Waals surface area (Å²) in [6.07, 6.45) is 10.7. The minimum atomic E-state index is -0.283. The molecule has 1 N–H and O–H groups in total. The zero-order valence-corrected chi connectivity index (χ0v) is 15.1. The van der Waals surface area contributed by atoms with Crippen molar-refractivity contribution in [1.29, 1.82) is 0 Å². The summed E-state index contributed by atoms with van der Waals surface area (Å²) < 4.78 is 1.82. The van der Waals surface area contributed by atoms with Gasteiger partial charge in [0.05, 0.1) is 24.1 Å². The van der Waals surface area contributed by atoms with E-state index in [1.807, 2.05) is 36.3 Å². The SMILES string of the molecule is Cn1cc(CN2CCC[C@H]2c2cccc(C(=O)Nc3cnccn3)n2)cn1. The summed E-state index contributed by atoms with van der Waals surface area (Å²) in [4.78, 5) is 27.5. The fourth-order valence-corrected chi connectivity index (χ4v) is 3.45. The van der Waals surface area contributed by atoms with Gasteiger partial charge in [-0.15, -0.1) is 0 Å². The summed E-state index contributed by atoms with van der Waals surface area (Å²) in [6, 6.07) is 5.80. The number of aryl methyl sites for hydroxylation is 1. The van der Waals surface area contributed by atoms with Crippen LogP contribution in [-0.4, -0.2) is 42.1 Å². The molecule has 4 rings (SSSR count). The van der Waals surface area contributed by atoms with Gasteiger partial charge in [0.15, 0.2) is 5.82 Å². The van der Waals surface area contributed by atoms with Crippen LogP contribution in [-0.2, 0) is 13.6 Å². The fraction of sp³-hybridized carbons (Fsp3) is 0.316. The fourth-order valence-electron chi connectivity index (χ4n) is 3.45. The minimum Gasteiger partial charge on any atom is -0.304 e. The Morgan fingerprint density at radius 3 is 3.00 bits per heavy atom. The summed E-state index contributed by atoms with van der Waals surface area (Å²) in [6.45, 7) is 1.84. The second-order valence-electron chi connectivity index (χ2n) is 6.64. The third-order valence-corrected chi connectivity index (χ3v) is 4.66. The third kappa shape index (κ3) is 4.01. The first-order valence-corrected chi connectivity index (χ1v) is 8.95. The molecule has 0 radical (unpaired) electrons. The van der Waals surface area contributed by atoms with Crippen molar-refractivity contribution in [3.05, 3.63) is 66.1 Å². The second-order valence-corrected chi connectivity index (χ2v) is 6.64. The van der Waals surface area contributed by atoms with E-state index in [4.69, 9.17) is 0 Å². The number of hydrogen-bond donors (Lipinski definition) is 1. The number of hydrogen-bond acceptors (Lipinski definition) is 6. The Bertz CT molecular complexity index is 925. The van der Waals surface area contributed by atoms with E-state index in [-0.39, 0.29) is 11.9 Å². The number of amides is 1. The van der Waals surface area contributed by atoms with E-state index < -0.39 is 0 Å². The van der Waals surface area contributed by atoms with Crippen molar-refractivity contribution >= 4 is 11.7 Å². The van der Waals surface area contributed by atoms with Gasteiger partial charge in [-0.05, 0) is 31.5 Å². The maximum absolute atomic E-state index is 12.5. The Hall–Kier alpha value is -3.13. The van der Waals surface area contributed by atoms with Crippen molar-refractivity contribution in [3.8, 4) is 0 Å². The third-order valence-electron chi connectivity index (χ3n) is 4.66. The molecule has 8 nitrogen and oxygen atoms in total. The molecule has 3 aromatic rings. The molecule has 1 aliphatic rings. The number of nitrogens with zero attached hydrogens (tertiary/aromatic N) is 6. The zero-order valence-electron chi connectivity index (χ0n) is 15.1. The van der Waals surface area contributed by atoms with Crippen LogP contribution in [0.3, 0.4) is 0 Å². The molecule has 0 saturated carbocycles. The number of pyridine rings is 1. The number of rotatable bonds is 5. The first-order chi connectivity index (χ1) is 13.2. The molecule has 1 atom stereocenters. The summed E-state index contributed by atoms with van der Waals surface area (Å²) in [5, 5.41) is 6.97. The van der Waals surface area contributed by atoms with Gasteiger partial charge in [0.2, 0.25) is 0 Å². The molecule has 3 aromatic heterocycles. The van der Waals surface area contributed by atoms with Gasteiger partial charge in [-0.2, -0.15) is 5.10 Å². The largest absolute Gasteiger partial charge is 0.304 e. The number of aromatic nitrogens is 5. The van der Waals surface area contributed by atoms with Gasteiger partial charge in [0, 0.05) is 37.7 Å². The molecule has 1 aliphatic heterocycles. The molecule has 27 heavy (non-hydrogen) atoms. The average molecular weight is 363 g/mol. The van der Waals surface area contributed by atoms with Crippen LogP contribution >= 0.6 is 0 Å². The lowest BCUT2D eigenvalue weighted by molar-refractivity contribution is 0.102. The highest BCUT2D eigenvalue weighted by molar-refractivity contribution is 6.02. The molecule has 0 spiro atoms. The van der Waals surface area contributed by atoms with Crippen LogP contribution in [0.5, 0.6) is 0 Å². The van der Waals surface area contributed by atoms with E-state index in [2.05, 4.69) is 30.3 Å². The van der Waals surface area contributed by atoms with Crippen molar-refractivity contribution in [2.75, 3.05) is 11.9 Å². The first-order valence-electron chi connectivity index (χ1n) is 8.95. The monoisotopic (exact) mass is 363 g/mol. The van der Waals surface area contributed by atoms with E-state index in [0.717, 1.165) is 31.6 Å². The number of carbonyl (C=O) groups is 1. The predicted octanol–water partition coefficient (Wildman–Crippen LogP) is 2.19. The summed E-state index contributed by atoms with van der Waals surface area (Å²) in [5.74, 6) is 0.128. The molecule has 4 heterocycles. The van der Waals surface area contributed by atoms with Crippen LogP contribution < -0.4 is 5.32 Å². The lowest BCUT2D eigenvalue weighted by Crippen LogP contribution is -2.24. The molecule has 138 valence electrons. The molecule has 8 heteroatoms. The highest BCUT2D eigenvalue weighted by atomic mass is 16.1. The molecular formula is C19H21N7O. The molecule has 1 amide bonds. The van der Waals surface area contributed by atoms with Crippen LogP contribution in [0.25, 0.3) is 0 Å². The first kappa shape index (κ1) is 17.3. The lowest BCUT2D eigenvalue weighted by atomic mass is 10.1. The highest BCUT2D eigenvalue weighted by Crippen LogP contribution is 2.32. The quantitative estimate of drug-likeness (QED) is 0.747. The van der Waals surface area contributed by atoms with E-state index >= 15 is 0 Å². The van der Waals surface area contributed by atoms with E-state index in [9.17, 15) is 4.79 Å². The van der Waals surface area contributed by atoms with Gasteiger partial charge in [-0.25, -0.2) is 9.97 Å². The maximum Gasteiger partial charge on any atom is 0.275 e. The van der Waals surface area contributed by atoms with Crippen molar-refractivity contribution in [3.63, 3.8) is 0 Å². The van der Waals surface area contributed by atoms with Crippen LogP contribution in [0.2, 0.25) is 0 Å². The van der Waals surface area contributed by atoms with E-state index in [1.165, 1.54) is 18.0 Å². The molecule has 0 bridgehead atoms. The number of carbonyl (C=O) groups excluding carboxylic acids is 1. The second kappa shape index (κ2) is 7.63. The van der Waals surface area contributed by atoms with Gasteiger partial charge in [-0.1, -0.05) is 6.07 Å². The smallest absolute Gasteiger partial charge is 0.275 e. The van der Waals surface area contributed by atoms with Crippen molar-refractivity contribution in [2.45, 2.75) is 25.4 Å². The standard InChI is InChI=1S/C19H21N7O/c1-25-12-14(10-22-25)13-26-9-3-6-17(26)15-4-2-5-16(23-15)19(27)24-18-11-20-7-8-21-18/h2,4-5,7-8,10-12,17H,3,6,9,13H2,1H3,(H,21,24,27)/t17-/m0/s1. The van der Waals surface area contributed by atoms with Gasteiger partial charge in [-0.3, -0.25) is 19.4 Å². The van der Waals surface area contributed by atoms with Crippen LogP contribution in [0.4, 0.5) is 5.82 Å². The minimum absolute atomic E-state index is 0.203. The van der Waals surface area contributed by atoms with E-state index in [0.29, 0.717) is 11.5 Å². The molecule has 1 saturated heterocycles. The predicted molar refractivity (Wildman–Crippen MR) is 99.8 cm³/mol. The molecule has 0 aliphatic carbocycles. The van der Waals surface area contributed by atoms with Gasteiger partial charge < -0.3 is 5.32 Å². The topological polar surface area (TPSA) is 88.8 Å². The van der Waals surface area contributed by atoms with E-state index in [1.54, 1.807) is 12.3 Å². The lowest BCUT2D eigenvalue weighted by Gasteiger charge is -2.23. The Balaban J connectivity index is 1.50. The maximum atomic E-state index is 12.5. The van der Waals surface area contributed by atoms with Crippen LogP contribution in [0.1, 0.15) is 40.6 Å². The van der Waals surface area contributed by atoms with Crippen molar-refractivity contribution < 1.29 is 4.79 Å². The Kier molecular flexibility index (Phi) is 4.88. The Labute approximate surface area is 157 Å². The van der Waals surface area contributed by atoms with Gasteiger partial charge in [0.25, 0.3) is 5.91 Å². The van der Waals surface area contributed by atoms with Crippen LogP contribution in [0.15, 0.2) is 49.2 Å². The Morgan fingerprint density at radius 2 is 2.22 bits per heavy atom. The average Bonchev–Trinajstić information content (AvgIpc) is 3.32.